The average molecular weight is 590 g/mol. The largest absolute Gasteiger partial charge is 0.481 e. The van der Waals surface area contributed by atoms with Crippen LogP contribution < -0.4 is 10.2 Å². The van der Waals surface area contributed by atoms with Gasteiger partial charge in [-0.1, -0.05) is 43.7 Å². The minimum Gasteiger partial charge on any atom is -0.481 e. The molecule has 2 aliphatic heterocycles. The number of unbranched alkanes of at least 4 members (excludes halogenated alkanes) is 1. The summed E-state index contributed by atoms with van der Waals surface area (Å²) in [6.07, 6.45) is 1.05. The molecule has 1 aromatic carbocycles. The Kier molecular flexibility index (Phi) is 9.04. The Balaban J connectivity index is 1.28. The summed E-state index contributed by atoms with van der Waals surface area (Å²) in [6, 6.07) is 11.6. The van der Waals surface area contributed by atoms with E-state index in [-0.39, 0.29) is 43.0 Å². The Bertz CT molecular complexity index is 1390. The van der Waals surface area contributed by atoms with Gasteiger partial charge in [-0.3, -0.25) is 14.4 Å². The van der Waals surface area contributed by atoms with E-state index >= 15 is 0 Å². The number of hydrogen-bond donors (Lipinski definition) is 2. The van der Waals surface area contributed by atoms with Crippen molar-refractivity contribution in [1.82, 2.24) is 25.1 Å². The summed E-state index contributed by atoms with van der Waals surface area (Å²) in [6.45, 7) is 4.48. The van der Waals surface area contributed by atoms with Crippen LogP contribution in [0, 0.1) is 29.1 Å². The van der Waals surface area contributed by atoms with E-state index in [0.29, 0.717) is 50.0 Å². The fourth-order valence-electron chi connectivity index (χ4n) is 5.76. The second-order valence-corrected chi connectivity index (χ2v) is 11.1. The molecule has 3 aliphatic rings. The fourth-order valence-corrected chi connectivity index (χ4v) is 5.76. The standard InChI is InChI=1S/C30H35N7O6/c1-2-3-15-43-30(42)36-13-11-35(12-14-36)28(39)22(9-10-31)33-27(38)23-16-24(34-26(32-23)19-7-5-4-6-8-19)37-17-20-21(18-37)25(20)29(40)41/h4-8,16,20-22,25H,2-3,9,11-15,17-18H2,1H3,(H,33,38)(H,40,41)/t20-,21+,22-,25?/m0/s1. The van der Waals surface area contributed by atoms with Crippen molar-refractivity contribution in [1.29, 1.82) is 5.26 Å². The summed E-state index contributed by atoms with van der Waals surface area (Å²) >= 11 is 0. The molecule has 0 spiro atoms. The highest BCUT2D eigenvalue weighted by molar-refractivity contribution is 5.97. The second kappa shape index (κ2) is 13.1. The minimum absolute atomic E-state index is 0.0367. The smallest absolute Gasteiger partial charge is 0.409 e. The zero-order valence-corrected chi connectivity index (χ0v) is 24.0. The van der Waals surface area contributed by atoms with E-state index in [0.717, 1.165) is 12.8 Å². The Labute approximate surface area is 249 Å². The lowest BCUT2D eigenvalue weighted by Crippen LogP contribution is -2.56. The van der Waals surface area contributed by atoms with Gasteiger partial charge in [0.25, 0.3) is 5.91 Å². The number of aromatic nitrogens is 2. The van der Waals surface area contributed by atoms with Crippen LogP contribution in [0.15, 0.2) is 36.4 Å². The van der Waals surface area contributed by atoms with Crippen LogP contribution in [0.3, 0.4) is 0 Å². The highest BCUT2D eigenvalue weighted by Crippen LogP contribution is 2.52. The zero-order valence-electron chi connectivity index (χ0n) is 24.0. The molecule has 2 N–H and O–H groups in total. The van der Waals surface area contributed by atoms with E-state index in [1.165, 1.54) is 4.90 Å². The van der Waals surface area contributed by atoms with Gasteiger partial charge >= 0.3 is 12.1 Å². The number of nitriles is 1. The number of nitrogens with zero attached hydrogens (tertiary/aromatic N) is 6. The van der Waals surface area contributed by atoms with Crippen LogP contribution in [0.1, 0.15) is 36.7 Å². The first kappa shape index (κ1) is 29.8. The average Bonchev–Trinajstić information content (AvgIpc) is 3.54. The number of carbonyl (C=O) groups is 4. The first-order valence-corrected chi connectivity index (χ1v) is 14.6. The van der Waals surface area contributed by atoms with Crippen LogP contribution in [0.25, 0.3) is 11.4 Å². The molecule has 4 atom stereocenters. The number of benzene rings is 1. The molecule has 3 fully saturated rings. The number of anilines is 1. The normalized spacial score (nSPS) is 21.4. The molecular weight excluding hydrogens is 554 g/mol. The molecule has 0 bridgehead atoms. The van der Waals surface area contributed by atoms with Crippen molar-refractivity contribution in [3.8, 4) is 17.5 Å². The number of hydrogen-bond acceptors (Lipinski definition) is 9. The van der Waals surface area contributed by atoms with Crippen LogP contribution >= 0.6 is 0 Å². The number of aliphatic carboxylic acids is 1. The molecule has 13 heteroatoms. The van der Waals surface area contributed by atoms with E-state index in [1.807, 2.05) is 48.2 Å². The molecule has 1 aromatic heterocycles. The lowest BCUT2D eigenvalue weighted by Gasteiger charge is -2.35. The van der Waals surface area contributed by atoms with E-state index < -0.39 is 29.9 Å². The predicted octanol–water partition coefficient (Wildman–Crippen LogP) is 2.00. The molecule has 1 saturated carbocycles. The Morgan fingerprint density at radius 3 is 2.37 bits per heavy atom. The minimum atomic E-state index is -1.10. The highest BCUT2D eigenvalue weighted by atomic mass is 16.6. The Hall–Kier alpha value is -4.73. The van der Waals surface area contributed by atoms with E-state index in [1.54, 1.807) is 11.0 Å². The molecule has 3 heterocycles. The van der Waals surface area contributed by atoms with Crippen molar-refractivity contribution < 1.29 is 29.0 Å². The predicted molar refractivity (Wildman–Crippen MR) is 154 cm³/mol. The summed E-state index contributed by atoms with van der Waals surface area (Å²) in [7, 11) is 0. The van der Waals surface area contributed by atoms with Gasteiger partial charge < -0.3 is 29.9 Å². The number of ether oxygens (including phenoxy) is 1. The Morgan fingerprint density at radius 2 is 1.74 bits per heavy atom. The van der Waals surface area contributed by atoms with Crippen LogP contribution in [0.4, 0.5) is 10.6 Å². The van der Waals surface area contributed by atoms with E-state index in [4.69, 9.17) is 4.74 Å². The van der Waals surface area contributed by atoms with Gasteiger partial charge in [-0.15, -0.1) is 0 Å². The molecular formula is C30H35N7O6. The maximum atomic E-state index is 13.5. The van der Waals surface area contributed by atoms with Crippen molar-refractivity contribution >= 4 is 29.7 Å². The third-order valence-electron chi connectivity index (χ3n) is 8.25. The summed E-state index contributed by atoms with van der Waals surface area (Å²) in [4.78, 5) is 64.8. The summed E-state index contributed by atoms with van der Waals surface area (Å²) in [5, 5.41) is 21.5. The van der Waals surface area contributed by atoms with Gasteiger partial charge in [0.2, 0.25) is 5.91 Å². The highest BCUT2D eigenvalue weighted by Gasteiger charge is 2.60. The van der Waals surface area contributed by atoms with Crippen molar-refractivity contribution in [2.75, 3.05) is 50.8 Å². The molecule has 1 aliphatic carbocycles. The van der Waals surface area contributed by atoms with E-state index in [9.17, 15) is 29.5 Å². The van der Waals surface area contributed by atoms with Gasteiger partial charge in [-0.25, -0.2) is 14.8 Å². The molecule has 2 saturated heterocycles. The molecule has 43 heavy (non-hydrogen) atoms. The lowest BCUT2D eigenvalue weighted by atomic mass is 10.1. The molecule has 1 unspecified atom stereocenters. The van der Waals surface area contributed by atoms with Gasteiger partial charge in [0.1, 0.15) is 17.6 Å². The van der Waals surface area contributed by atoms with Crippen molar-refractivity contribution in [3.05, 3.63) is 42.1 Å². The number of carboxylic acids is 1. The second-order valence-electron chi connectivity index (χ2n) is 11.1. The number of piperidine rings is 1. The molecule has 13 nitrogen and oxygen atoms in total. The number of amides is 3. The van der Waals surface area contributed by atoms with Gasteiger partial charge in [0.15, 0.2) is 5.82 Å². The van der Waals surface area contributed by atoms with Gasteiger partial charge in [-0.2, -0.15) is 5.26 Å². The van der Waals surface area contributed by atoms with Gasteiger partial charge in [0, 0.05) is 50.9 Å². The first-order valence-electron chi connectivity index (χ1n) is 14.6. The Morgan fingerprint density at radius 1 is 1.07 bits per heavy atom. The third-order valence-corrected chi connectivity index (χ3v) is 8.25. The molecule has 3 amide bonds. The zero-order chi connectivity index (χ0) is 30.5. The summed E-state index contributed by atoms with van der Waals surface area (Å²) in [5.74, 6) is -1.26. The van der Waals surface area contributed by atoms with Crippen LogP contribution in [-0.4, -0.2) is 101 Å². The number of fused-ring (bicyclic) bond motifs is 1. The molecule has 0 radical (unpaired) electrons. The first-order chi connectivity index (χ1) is 20.8. The molecule has 226 valence electrons. The van der Waals surface area contributed by atoms with E-state index in [2.05, 4.69) is 15.3 Å². The van der Waals surface area contributed by atoms with Crippen molar-refractivity contribution in [3.63, 3.8) is 0 Å². The van der Waals surface area contributed by atoms with Crippen LogP contribution in [-0.2, 0) is 14.3 Å². The molecule has 2 aromatic rings. The number of piperazine rings is 1. The quantitative estimate of drug-likeness (QED) is 0.391. The maximum absolute atomic E-state index is 13.5. The number of carbonyl (C=O) groups excluding carboxylic acids is 3. The number of rotatable bonds is 10. The number of nitrogens with one attached hydrogen (secondary N) is 1. The monoisotopic (exact) mass is 589 g/mol. The number of carboxylic acid groups (broad SMARTS) is 1. The summed E-state index contributed by atoms with van der Waals surface area (Å²) in [5.41, 5.74) is 0.733. The van der Waals surface area contributed by atoms with Gasteiger partial charge in [-0.05, 0) is 18.3 Å². The van der Waals surface area contributed by atoms with Gasteiger partial charge in [0.05, 0.1) is 25.0 Å². The lowest BCUT2D eigenvalue weighted by molar-refractivity contribution is -0.139. The van der Waals surface area contributed by atoms with Crippen LogP contribution in [0.2, 0.25) is 0 Å². The van der Waals surface area contributed by atoms with Crippen LogP contribution in [0.5, 0.6) is 0 Å². The maximum Gasteiger partial charge on any atom is 0.409 e. The fraction of sp³-hybridized carbons (Fsp3) is 0.500. The SMILES string of the molecule is CCCCOC(=O)N1CCN(C(=O)[C@H](CC#N)NC(=O)c2cc(N3C[C@@H]4C(C(=O)O)[C@@H]4C3)nc(-c3ccccc3)n2)CC1. The third kappa shape index (κ3) is 6.69. The van der Waals surface area contributed by atoms with Crippen molar-refractivity contribution in [2.24, 2.45) is 17.8 Å². The summed E-state index contributed by atoms with van der Waals surface area (Å²) < 4.78 is 5.26. The van der Waals surface area contributed by atoms with Crippen molar-refractivity contribution in [2.45, 2.75) is 32.2 Å². The topological polar surface area (TPSA) is 169 Å². The molecule has 5 rings (SSSR count).